The Morgan fingerprint density at radius 3 is 1.63 bits per heavy atom. The first-order chi connectivity index (χ1) is 29.7. The van der Waals surface area contributed by atoms with E-state index in [0.29, 0.717) is 17.6 Å². The highest BCUT2D eigenvalue weighted by Crippen LogP contribution is 2.42. The summed E-state index contributed by atoms with van der Waals surface area (Å²) in [6.07, 6.45) is 3.47. The number of fused-ring (bicyclic) bond motifs is 7. The van der Waals surface area contributed by atoms with Crippen molar-refractivity contribution in [1.82, 2.24) is 24.1 Å². The second kappa shape index (κ2) is 14.9. The molecule has 5 heteroatoms. The molecule has 8 aromatic carbocycles. The molecule has 0 amide bonds. The summed E-state index contributed by atoms with van der Waals surface area (Å²) in [5, 5.41) is 4.65. The lowest BCUT2D eigenvalue weighted by Gasteiger charge is -2.12. The Bertz CT molecular complexity index is 3330. The van der Waals surface area contributed by atoms with E-state index >= 15 is 0 Å². The molecule has 0 saturated carbocycles. The smallest absolute Gasteiger partial charge is 0.238 e. The average molecular weight is 772 g/mol. The highest BCUT2D eigenvalue weighted by Gasteiger charge is 2.23. The molecule has 5 nitrogen and oxygen atoms in total. The first kappa shape index (κ1) is 35.5. The molecule has 0 aliphatic heterocycles. The highest BCUT2D eigenvalue weighted by atomic mass is 15.2. The minimum Gasteiger partial charge on any atom is -0.309 e. The Hall–Kier alpha value is -7.63. The summed E-state index contributed by atoms with van der Waals surface area (Å²) in [5.74, 6) is 1.82. The fourth-order valence-electron chi connectivity index (χ4n) is 8.82. The van der Waals surface area contributed by atoms with Crippen LogP contribution in [0.15, 0.2) is 194 Å². The molecule has 60 heavy (non-hydrogen) atoms. The van der Waals surface area contributed by atoms with Gasteiger partial charge in [-0.2, -0.15) is 9.97 Å². The molecular formula is C55H41N5. The predicted octanol–water partition coefficient (Wildman–Crippen LogP) is 14.1. The maximum Gasteiger partial charge on any atom is 0.238 e. The van der Waals surface area contributed by atoms with E-state index in [-0.39, 0.29) is 0 Å². The number of aryl methyl sites for hydroxylation is 1. The van der Waals surface area contributed by atoms with Crippen LogP contribution in [0.4, 0.5) is 0 Å². The summed E-state index contributed by atoms with van der Waals surface area (Å²) < 4.78 is 4.67. The van der Waals surface area contributed by atoms with E-state index in [0.717, 1.165) is 67.2 Å². The van der Waals surface area contributed by atoms with Gasteiger partial charge in [0.05, 0.1) is 22.1 Å². The predicted molar refractivity (Wildman–Crippen MR) is 249 cm³/mol. The minimum atomic E-state index is 0.578. The van der Waals surface area contributed by atoms with Gasteiger partial charge in [0.15, 0.2) is 11.6 Å². The first-order valence-corrected chi connectivity index (χ1v) is 20.8. The van der Waals surface area contributed by atoms with Gasteiger partial charge in [-0.15, -0.1) is 0 Å². The Morgan fingerprint density at radius 1 is 0.400 bits per heavy atom. The molecule has 0 aliphatic rings. The molecular weight excluding hydrogens is 731 g/mol. The van der Waals surface area contributed by atoms with Crippen molar-refractivity contribution in [1.29, 1.82) is 0 Å². The average Bonchev–Trinajstić information content (AvgIpc) is 3.85. The number of benzene rings is 8. The second-order valence-electron chi connectivity index (χ2n) is 15.5. The van der Waals surface area contributed by atoms with Crippen molar-refractivity contribution in [3.63, 3.8) is 0 Å². The van der Waals surface area contributed by atoms with Gasteiger partial charge in [-0.25, -0.2) is 4.98 Å². The molecule has 0 radical (unpaired) electrons. The van der Waals surface area contributed by atoms with Crippen LogP contribution in [-0.2, 0) is 6.42 Å². The van der Waals surface area contributed by atoms with Gasteiger partial charge < -0.3 is 4.57 Å². The summed E-state index contributed by atoms with van der Waals surface area (Å²) in [5.41, 5.74) is 13.5. The third-order valence-corrected chi connectivity index (χ3v) is 11.8. The van der Waals surface area contributed by atoms with Gasteiger partial charge in [-0.05, 0) is 77.1 Å². The second-order valence-corrected chi connectivity index (χ2v) is 15.5. The third kappa shape index (κ3) is 6.14. The van der Waals surface area contributed by atoms with Crippen LogP contribution in [0.25, 0.3) is 100 Å². The largest absolute Gasteiger partial charge is 0.309 e. The van der Waals surface area contributed by atoms with Gasteiger partial charge in [-0.1, -0.05) is 171 Å². The molecule has 3 aromatic heterocycles. The van der Waals surface area contributed by atoms with E-state index in [1.54, 1.807) is 0 Å². The van der Waals surface area contributed by atoms with E-state index in [4.69, 9.17) is 15.0 Å². The van der Waals surface area contributed by atoms with Gasteiger partial charge in [0, 0.05) is 38.4 Å². The van der Waals surface area contributed by atoms with Crippen LogP contribution in [0.5, 0.6) is 0 Å². The Labute approximate surface area is 348 Å². The Morgan fingerprint density at radius 2 is 0.950 bits per heavy atom. The zero-order chi connectivity index (χ0) is 40.0. The van der Waals surface area contributed by atoms with E-state index in [2.05, 4.69) is 192 Å². The highest BCUT2D eigenvalue weighted by molar-refractivity contribution is 6.26. The summed E-state index contributed by atoms with van der Waals surface area (Å²) >= 11 is 0. The minimum absolute atomic E-state index is 0.578. The number of hydrogen-bond acceptors (Lipinski definition) is 3. The van der Waals surface area contributed by atoms with Gasteiger partial charge in [0.2, 0.25) is 5.95 Å². The molecule has 11 rings (SSSR count). The quantitative estimate of drug-likeness (QED) is 0.147. The van der Waals surface area contributed by atoms with E-state index < -0.39 is 0 Å². The van der Waals surface area contributed by atoms with Crippen molar-refractivity contribution in [2.45, 2.75) is 26.2 Å². The first-order valence-electron chi connectivity index (χ1n) is 20.8. The Kier molecular flexibility index (Phi) is 8.85. The van der Waals surface area contributed by atoms with E-state index in [1.165, 1.54) is 40.3 Å². The van der Waals surface area contributed by atoms with Crippen LogP contribution in [0.3, 0.4) is 0 Å². The molecule has 0 N–H and O–H groups in total. The summed E-state index contributed by atoms with van der Waals surface area (Å²) in [6.45, 7) is 2.25. The van der Waals surface area contributed by atoms with E-state index in [1.807, 2.05) is 18.2 Å². The topological polar surface area (TPSA) is 48.5 Å². The SMILES string of the molecule is CCCCc1ccc(-n2c3ccccc3c3c2ccc2c4ccccc4n(-c4nc(-c5ccccc5)nc(-c5ccc(-c6cccc(-c7ccccc7)c6)cc5)n4)c23)cc1. The normalized spacial score (nSPS) is 11.6. The lowest BCUT2D eigenvalue weighted by atomic mass is 9.98. The van der Waals surface area contributed by atoms with Gasteiger partial charge >= 0.3 is 0 Å². The molecule has 0 bridgehead atoms. The molecule has 0 atom stereocenters. The standard InChI is InChI=1S/C55H41N5/c1-2-3-15-37-26-32-44(33-27-37)59-49-25-13-11-23-47(49)51-50(59)35-34-46-45-22-10-12-24-48(45)60(52(46)51)55-57-53(40-18-8-5-9-19-40)56-54(58-55)41-30-28-39(29-31-41)43-21-14-20-42(36-43)38-16-6-4-7-17-38/h4-14,16-36H,2-3,15H2,1H3. The maximum atomic E-state index is 5.35. The van der Waals surface area contributed by atoms with Crippen molar-refractivity contribution >= 4 is 43.6 Å². The number of rotatable bonds is 9. The molecule has 0 unspecified atom stereocenters. The number of para-hydroxylation sites is 2. The number of unbranched alkanes of at least 4 members (excludes halogenated alkanes) is 1. The zero-order valence-electron chi connectivity index (χ0n) is 33.3. The number of aromatic nitrogens is 5. The Balaban J connectivity index is 1.12. The molecule has 0 fully saturated rings. The molecule has 0 aliphatic carbocycles. The molecule has 286 valence electrons. The fourth-order valence-corrected chi connectivity index (χ4v) is 8.82. The summed E-state index contributed by atoms with van der Waals surface area (Å²) in [7, 11) is 0. The van der Waals surface area contributed by atoms with Crippen LogP contribution in [0, 0.1) is 0 Å². The molecule has 0 saturated heterocycles. The van der Waals surface area contributed by atoms with Crippen molar-refractivity contribution < 1.29 is 0 Å². The van der Waals surface area contributed by atoms with E-state index in [9.17, 15) is 0 Å². The van der Waals surface area contributed by atoms with Crippen LogP contribution in [0.1, 0.15) is 25.3 Å². The van der Waals surface area contributed by atoms with Crippen LogP contribution in [0.2, 0.25) is 0 Å². The summed E-state index contributed by atoms with van der Waals surface area (Å²) in [4.78, 5) is 15.8. The summed E-state index contributed by atoms with van der Waals surface area (Å²) in [6, 6.07) is 69.1. The van der Waals surface area contributed by atoms with Crippen LogP contribution in [-0.4, -0.2) is 24.1 Å². The number of hydrogen-bond donors (Lipinski definition) is 0. The molecule has 0 spiro atoms. The number of nitrogens with zero attached hydrogens (tertiary/aromatic N) is 5. The zero-order valence-corrected chi connectivity index (χ0v) is 33.3. The van der Waals surface area contributed by atoms with Crippen LogP contribution < -0.4 is 0 Å². The third-order valence-electron chi connectivity index (χ3n) is 11.8. The van der Waals surface area contributed by atoms with Crippen molar-refractivity contribution in [2.75, 3.05) is 0 Å². The van der Waals surface area contributed by atoms with Gasteiger partial charge in [0.25, 0.3) is 0 Å². The van der Waals surface area contributed by atoms with Crippen molar-refractivity contribution in [2.24, 2.45) is 0 Å². The lowest BCUT2D eigenvalue weighted by Crippen LogP contribution is -2.06. The monoisotopic (exact) mass is 771 g/mol. The maximum absolute atomic E-state index is 5.35. The van der Waals surface area contributed by atoms with Crippen LogP contribution >= 0.6 is 0 Å². The van der Waals surface area contributed by atoms with Crippen molar-refractivity contribution in [3.8, 4) is 56.7 Å². The molecule has 11 aromatic rings. The fraction of sp³-hybridized carbons (Fsp3) is 0.0727. The van der Waals surface area contributed by atoms with Gasteiger partial charge in [-0.3, -0.25) is 4.57 Å². The van der Waals surface area contributed by atoms with Crippen molar-refractivity contribution in [3.05, 3.63) is 200 Å². The van der Waals surface area contributed by atoms with Gasteiger partial charge in [0.1, 0.15) is 0 Å². The lowest BCUT2D eigenvalue weighted by molar-refractivity contribution is 0.795. The molecule has 3 heterocycles.